The lowest BCUT2D eigenvalue weighted by Crippen LogP contribution is -2.43. The number of rotatable bonds is 5. The lowest BCUT2D eigenvalue weighted by Gasteiger charge is -2.30. The standard InChI is InChI=1S/C9H17NO2S/c1-8(5-11)6-13-7-9(12)10-3-2-4-10/h8,11H,2-7H2,1H3. The van der Waals surface area contributed by atoms with E-state index in [-0.39, 0.29) is 12.5 Å². The van der Waals surface area contributed by atoms with E-state index in [2.05, 4.69) is 0 Å². The van der Waals surface area contributed by atoms with E-state index >= 15 is 0 Å². The summed E-state index contributed by atoms with van der Waals surface area (Å²) >= 11 is 1.62. The van der Waals surface area contributed by atoms with Crippen LogP contribution in [0.25, 0.3) is 0 Å². The van der Waals surface area contributed by atoms with Gasteiger partial charge in [0.25, 0.3) is 0 Å². The van der Waals surface area contributed by atoms with Crippen molar-refractivity contribution in [2.24, 2.45) is 5.92 Å². The van der Waals surface area contributed by atoms with E-state index in [0.717, 1.165) is 25.3 Å². The van der Waals surface area contributed by atoms with Gasteiger partial charge < -0.3 is 10.0 Å². The molecule has 76 valence electrons. The highest BCUT2D eigenvalue weighted by atomic mass is 32.2. The second kappa shape index (κ2) is 5.50. The maximum absolute atomic E-state index is 11.3. The lowest BCUT2D eigenvalue weighted by molar-refractivity contribution is -0.131. The summed E-state index contributed by atoms with van der Waals surface area (Å²) in [6, 6.07) is 0. The van der Waals surface area contributed by atoms with Crippen LogP contribution < -0.4 is 0 Å². The van der Waals surface area contributed by atoms with Crippen molar-refractivity contribution in [3.63, 3.8) is 0 Å². The first kappa shape index (κ1) is 10.9. The fraction of sp³-hybridized carbons (Fsp3) is 0.889. The van der Waals surface area contributed by atoms with E-state index in [1.165, 1.54) is 0 Å². The molecule has 1 rings (SSSR count). The molecule has 0 aromatic rings. The second-order valence-corrected chi connectivity index (χ2v) is 4.57. The minimum atomic E-state index is 0.213. The number of aliphatic hydroxyl groups excluding tert-OH is 1. The van der Waals surface area contributed by atoms with E-state index in [4.69, 9.17) is 5.11 Å². The number of hydrogen-bond donors (Lipinski definition) is 1. The Hall–Kier alpha value is -0.220. The fourth-order valence-corrected chi connectivity index (χ4v) is 2.04. The third kappa shape index (κ3) is 3.56. The van der Waals surface area contributed by atoms with E-state index < -0.39 is 0 Å². The highest BCUT2D eigenvalue weighted by Crippen LogP contribution is 2.12. The molecule has 0 spiro atoms. The molecule has 1 atom stereocenters. The molecule has 1 fully saturated rings. The van der Waals surface area contributed by atoms with Gasteiger partial charge in [-0.05, 0) is 18.1 Å². The zero-order chi connectivity index (χ0) is 9.68. The molecular weight excluding hydrogens is 186 g/mol. The first-order chi connectivity index (χ1) is 6.24. The smallest absolute Gasteiger partial charge is 0.232 e. The number of hydrogen-bond acceptors (Lipinski definition) is 3. The third-order valence-corrected chi connectivity index (χ3v) is 3.40. The summed E-state index contributed by atoms with van der Waals surface area (Å²) in [5, 5.41) is 8.76. The average Bonchev–Trinajstić information content (AvgIpc) is 2.01. The molecule has 1 aliphatic heterocycles. The molecule has 0 bridgehead atoms. The molecule has 0 radical (unpaired) electrons. The van der Waals surface area contributed by atoms with Crippen LogP contribution in [0.2, 0.25) is 0 Å². The van der Waals surface area contributed by atoms with Crippen molar-refractivity contribution < 1.29 is 9.90 Å². The number of nitrogens with zero attached hydrogens (tertiary/aromatic N) is 1. The first-order valence-corrected chi connectivity index (χ1v) is 5.86. The second-order valence-electron chi connectivity index (χ2n) is 3.54. The van der Waals surface area contributed by atoms with Crippen LogP contribution in [-0.2, 0) is 4.79 Å². The van der Waals surface area contributed by atoms with Crippen molar-refractivity contribution in [3.8, 4) is 0 Å². The molecule has 4 heteroatoms. The molecule has 1 N–H and O–H groups in total. The Morgan fingerprint density at radius 1 is 1.62 bits per heavy atom. The maximum atomic E-state index is 11.3. The number of thioether (sulfide) groups is 1. The first-order valence-electron chi connectivity index (χ1n) is 4.70. The summed E-state index contributed by atoms with van der Waals surface area (Å²) in [5.41, 5.74) is 0. The molecule has 1 unspecified atom stereocenters. The van der Waals surface area contributed by atoms with Crippen LogP contribution in [0.5, 0.6) is 0 Å². The molecular formula is C9H17NO2S. The van der Waals surface area contributed by atoms with Gasteiger partial charge in [0.05, 0.1) is 5.75 Å². The summed E-state index contributed by atoms with van der Waals surface area (Å²) in [7, 11) is 0. The Bertz CT molecular complexity index is 171. The lowest BCUT2D eigenvalue weighted by atomic mass is 10.2. The largest absolute Gasteiger partial charge is 0.396 e. The van der Waals surface area contributed by atoms with Crippen LogP contribution in [0.3, 0.4) is 0 Å². The quantitative estimate of drug-likeness (QED) is 0.710. The van der Waals surface area contributed by atoms with Gasteiger partial charge in [-0.3, -0.25) is 4.79 Å². The fourth-order valence-electron chi connectivity index (χ4n) is 1.06. The zero-order valence-corrected chi connectivity index (χ0v) is 8.85. The molecule has 0 saturated carbocycles. The summed E-state index contributed by atoms with van der Waals surface area (Å²) in [4.78, 5) is 13.2. The maximum Gasteiger partial charge on any atom is 0.232 e. The molecule has 1 aliphatic rings. The van der Waals surface area contributed by atoms with Crippen LogP contribution in [0.1, 0.15) is 13.3 Å². The summed E-state index contributed by atoms with van der Waals surface area (Å²) < 4.78 is 0. The van der Waals surface area contributed by atoms with Gasteiger partial charge in [0.1, 0.15) is 0 Å². The van der Waals surface area contributed by atoms with Crippen LogP contribution >= 0.6 is 11.8 Å². The van der Waals surface area contributed by atoms with Gasteiger partial charge in [-0.1, -0.05) is 6.92 Å². The van der Waals surface area contributed by atoms with E-state index in [0.29, 0.717) is 11.7 Å². The minimum absolute atomic E-state index is 0.213. The molecule has 1 saturated heterocycles. The Balaban J connectivity index is 2.01. The van der Waals surface area contributed by atoms with Gasteiger partial charge in [0.2, 0.25) is 5.91 Å². The van der Waals surface area contributed by atoms with Crippen LogP contribution in [-0.4, -0.2) is 47.1 Å². The normalized spacial score (nSPS) is 18.2. The molecule has 0 aromatic heterocycles. The predicted molar refractivity (Wildman–Crippen MR) is 54.8 cm³/mol. The minimum Gasteiger partial charge on any atom is -0.396 e. The summed E-state index contributed by atoms with van der Waals surface area (Å²) in [6.45, 7) is 4.08. The van der Waals surface area contributed by atoms with Crippen LogP contribution in [0, 0.1) is 5.92 Å². The zero-order valence-electron chi connectivity index (χ0n) is 8.03. The topological polar surface area (TPSA) is 40.5 Å². The Kier molecular flexibility index (Phi) is 4.59. The highest BCUT2D eigenvalue weighted by molar-refractivity contribution is 7.99. The molecule has 0 aliphatic carbocycles. The van der Waals surface area contributed by atoms with Crippen molar-refractivity contribution >= 4 is 17.7 Å². The number of amides is 1. The molecule has 3 nitrogen and oxygen atoms in total. The molecule has 1 amide bonds. The van der Waals surface area contributed by atoms with Crippen LogP contribution in [0.15, 0.2) is 0 Å². The number of carbonyl (C=O) groups is 1. The van der Waals surface area contributed by atoms with Crippen molar-refractivity contribution in [2.45, 2.75) is 13.3 Å². The molecule has 0 aromatic carbocycles. The highest BCUT2D eigenvalue weighted by Gasteiger charge is 2.19. The van der Waals surface area contributed by atoms with Crippen molar-refractivity contribution in [1.82, 2.24) is 4.90 Å². The van der Waals surface area contributed by atoms with Crippen LogP contribution in [0.4, 0.5) is 0 Å². The van der Waals surface area contributed by atoms with Crippen molar-refractivity contribution in [2.75, 3.05) is 31.2 Å². The van der Waals surface area contributed by atoms with Crippen molar-refractivity contribution in [1.29, 1.82) is 0 Å². The predicted octanol–water partition coefficient (Wildman–Crippen LogP) is 0.580. The van der Waals surface area contributed by atoms with Gasteiger partial charge in [-0.25, -0.2) is 0 Å². The van der Waals surface area contributed by atoms with Crippen molar-refractivity contribution in [3.05, 3.63) is 0 Å². The van der Waals surface area contributed by atoms with E-state index in [9.17, 15) is 4.79 Å². The van der Waals surface area contributed by atoms with Gasteiger partial charge in [0.15, 0.2) is 0 Å². The number of aliphatic hydroxyl groups is 1. The Labute approximate surface area is 83.5 Å². The van der Waals surface area contributed by atoms with Gasteiger partial charge in [0, 0.05) is 19.7 Å². The molecule has 13 heavy (non-hydrogen) atoms. The average molecular weight is 203 g/mol. The van der Waals surface area contributed by atoms with Gasteiger partial charge in [-0.2, -0.15) is 11.8 Å². The Morgan fingerprint density at radius 2 is 2.31 bits per heavy atom. The van der Waals surface area contributed by atoms with Gasteiger partial charge >= 0.3 is 0 Å². The SMILES string of the molecule is CC(CO)CSCC(=O)N1CCC1. The Morgan fingerprint density at radius 3 is 2.77 bits per heavy atom. The van der Waals surface area contributed by atoms with E-state index in [1.807, 2.05) is 11.8 Å². The summed E-state index contributed by atoms with van der Waals surface area (Å²) in [5.74, 6) is 2.00. The summed E-state index contributed by atoms with van der Waals surface area (Å²) in [6.07, 6.45) is 1.16. The number of likely N-dealkylation sites (tertiary alicyclic amines) is 1. The number of carbonyl (C=O) groups excluding carboxylic acids is 1. The molecule has 1 heterocycles. The van der Waals surface area contributed by atoms with E-state index in [1.54, 1.807) is 11.8 Å². The third-order valence-electron chi connectivity index (χ3n) is 2.15. The monoisotopic (exact) mass is 203 g/mol. The van der Waals surface area contributed by atoms with Gasteiger partial charge in [-0.15, -0.1) is 0 Å².